The molecule has 4 atom stereocenters. The number of hydrogen-bond donors (Lipinski definition) is 2. The second kappa shape index (κ2) is 10.1. The molecular weight excluding hydrogens is 482 g/mol. The summed E-state index contributed by atoms with van der Waals surface area (Å²) in [5, 5.41) is 3.41. The van der Waals surface area contributed by atoms with Crippen molar-refractivity contribution in [2.45, 2.75) is 62.2 Å². The van der Waals surface area contributed by atoms with Crippen molar-refractivity contribution in [3.63, 3.8) is 0 Å². The van der Waals surface area contributed by atoms with Crippen LogP contribution in [0.25, 0.3) is 0 Å². The topological polar surface area (TPSA) is 24.1 Å². The van der Waals surface area contributed by atoms with Gasteiger partial charge in [0, 0.05) is 12.1 Å². The summed E-state index contributed by atoms with van der Waals surface area (Å²) in [4.78, 5) is 0. The summed E-state index contributed by atoms with van der Waals surface area (Å²) in [7, 11) is 0. The zero-order valence-corrected chi connectivity index (χ0v) is 17.9. The van der Waals surface area contributed by atoms with Crippen molar-refractivity contribution in [2.75, 3.05) is 0 Å². The summed E-state index contributed by atoms with van der Waals surface area (Å²) < 4.78 is 138. The summed E-state index contributed by atoms with van der Waals surface area (Å²) in [6.07, 6.45) is -12.8. The van der Waals surface area contributed by atoms with Crippen LogP contribution in [0.1, 0.15) is 37.1 Å². The molecule has 0 unspecified atom stereocenters. The molecule has 2 aromatic rings. The number of alkyl halides is 10. The van der Waals surface area contributed by atoms with E-state index in [4.69, 9.17) is 0 Å². The Bertz CT molecular complexity index is 822. The van der Waals surface area contributed by atoms with E-state index in [1.54, 1.807) is 10.6 Å². The largest absolute Gasteiger partial charge is 0.455 e. The minimum absolute atomic E-state index is 0.107. The van der Waals surface area contributed by atoms with E-state index < -0.39 is 48.4 Å². The van der Waals surface area contributed by atoms with Crippen LogP contribution >= 0.6 is 0 Å². The maximum atomic E-state index is 14.6. The predicted molar refractivity (Wildman–Crippen MR) is 106 cm³/mol. The van der Waals surface area contributed by atoms with E-state index in [9.17, 15) is 43.9 Å². The smallest absolute Gasteiger partial charge is 0.300 e. The van der Waals surface area contributed by atoms with Gasteiger partial charge in [-0.25, -0.2) is 0 Å². The zero-order chi connectivity index (χ0) is 25.9. The predicted octanol–water partition coefficient (Wildman–Crippen LogP) is 6.82. The number of hydrogen-bond acceptors (Lipinski definition) is 2. The molecule has 0 spiro atoms. The van der Waals surface area contributed by atoms with Crippen LogP contribution < -0.4 is 10.6 Å². The van der Waals surface area contributed by atoms with E-state index >= 15 is 0 Å². The number of rotatable bonds is 9. The Morgan fingerprint density at radius 1 is 0.500 bits per heavy atom. The summed E-state index contributed by atoms with van der Waals surface area (Å²) in [6, 6.07) is 3.59. The molecule has 34 heavy (non-hydrogen) atoms. The Hall–Kier alpha value is -2.34. The molecule has 2 N–H and O–H groups in total. The van der Waals surface area contributed by atoms with Gasteiger partial charge >= 0.3 is 24.2 Å². The molecule has 0 heterocycles. The van der Waals surface area contributed by atoms with Gasteiger partial charge in [-0.2, -0.15) is 43.9 Å². The summed E-state index contributed by atoms with van der Waals surface area (Å²) in [5.74, 6) is -11.9. The molecule has 0 radical (unpaired) electrons. The highest BCUT2D eigenvalue weighted by Gasteiger charge is 2.72. The first-order valence-electron chi connectivity index (χ1n) is 10.0. The minimum Gasteiger partial charge on any atom is -0.300 e. The third-order valence-electron chi connectivity index (χ3n) is 5.33. The van der Waals surface area contributed by atoms with Crippen molar-refractivity contribution in [3.05, 3.63) is 71.8 Å². The van der Waals surface area contributed by atoms with E-state index in [1.807, 2.05) is 0 Å². The lowest BCUT2D eigenvalue weighted by atomic mass is 9.91. The first kappa shape index (κ1) is 27.9. The fraction of sp³-hybridized carbons (Fsp3) is 0.455. The normalized spacial score (nSPS) is 17.2. The highest BCUT2D eigenvalue weighted by Crippen LogP contribution is 2.46. The minimum atomic E-state index is -6.42. The monoisotopic (exact) mass is 504 g/mol. The van der Waals surface area contributed by atoms with Crippen molar-refractivity contribution in [1.82, 2.24) is 10.6 Å². The Labute approximate surface area is 189 Å². The standard InChI is InChI=1S/C22H22F10N2/c1-13(15-9-5-3-6-10-15)33-17(19(23,24)21(27,28)29)18(20(25,26)22(30,31)32)34-14(2)16-11-7-4-8-12-16/h3-14,17-18,33-34H,1-2H3/t13-,14-,17+,18+/m0/s1. The maximum Gasteiger partial charge on any atom is 0.455 e. The summed E-state index contributed by atoms with van der Waals surface area (Å²) >= 11 is 0. The molecule has 0 fully saturated rings. The molecule has 0 bridgehead atoms. The summed E-state index contributed by atoms with van der Waals surface area (Å²) in [6.45, 7) is 2.16. The van der Waals surface area contributed by atoms with Gasteiger partial charge in [0.15, 0.2) is 0 Å². The molecule has 12 heteroatoms. The van der Waals surface area contributed by atoms with Crippen molar-refractivity contribution < 1.29 is 43.9 Å². The van der Waals surface area contributed by atoms with Gasteiger partial charge in [-0.1, -0.05) is 60.7 Å². The van der Waals surface area contributed by atoms with E-state index in [0.29, 0.717) is 0 Å². The number of halogens is 10. The highest BCUT2D eigenvalue weighted by molar-refractivity contribution is 5.21. The molecule has 0 aromatic heterocycles. The SMILES string of the molecule is C[C@H](N[C@H]([C@@H](N[C@@H](C)c1ccccc1)C(F)(F)C(F)(F)F)C(F)(F)C(F)(F)F)c1ccccc1. The van der Waals surface area contributed by atoms with Gasteiger partial charge in [0.1, 0.15) is 12.1 Å². The Morgan fingerprint density at radius 2 is 0.765 bits per heavy atom. The van der Waals surface area contributed by atoms with Gasteiger partial charge in [0.2, 0.25) is 0 Å². The van der Waals surface area contributed by atoms with Crippen molar-refractivity contribution in [1.29, 1.82) is 0 Å². The lowest BCUT2D eigenvalue weighted by Crippen LogP contribution is -2.70. The van der Waals surface area contributed by atoms with E-state index in [1.165, 1.54) is 60.7 Å². The first-order chi connectivity index (χ1) is 15.5. The van der Waals surface area contributed by atoms with Crippen molar-refractivity contribution in [2.24, 2.45) is 0 Å². The Kier molecular flexibility index (Phi) is 8.29. The highest BCUT2D eigenvalue weighted by atomic mass is 19.4. The molecule has 2 nitrogen and oxygen atoms in total. The lowest BCUT2D eigenvalue weighted by Gasteiger charge is -2.42. The molecule has 2 aromatic carbocycles. The second-order valence-electron chi connectivity index (χ2n) is 7.79. The van der Waals surface area contributed by atoms with Gasteiger partial charge in [0.25, 0.3) is 0 Å². The number of nitrogens with one attached hydrogen (secondary N) is 2. The van der Waals surface area contributed by atoms with Gasteiger partial charge in [-0.15, -0.1) is 0 Å². The van der Waals surface area contributed by atoms with E-state index in [2.05, 4.69) is 0 Å². The van der Waals surface area contributed by atoms with Crippen LogP contribution in [0, 0.1) is 0 Å². The molecule has 0 aliphatic rings. The fourth-order valence-corrected chi connectivity index (χ4v) is 3.39. The lowest BCUT2D eigenvalue weighted by molar-refractivity contribution is -0.327. The number of benzene rings is 2. The average Bonchev–Trinajstić information content (AvgIpc) is 2.75. The quantitative estimate of drug-likeness (QED) is 0.366. The van der Waals surface area contributed by atoms with Crippen LogP contribution in [0.3, 0.4) is 0 Å². The van der Waals surface area contributed by atoms with Crippen LogP contribution in [-0.4, -0.2) is 36.3 Å². The Balaban J connectivity index is 2.61. The van der Waals surface area contributed by atoms with Gasteiger partial charge in [-0.05, 0) is 25.0 Å². The third-order valence-corrected chi connectivity index (χ3v) is 5.33. The molecule has 0 amide bonds. The van der Waals surface area contributed by atoms with Crippen LogP contribution in [0.5, 0.6) is 0 Å². The van der Waals surface area contributed by atoms with Crippen molar-refractivity contribution in [3.8, 4) is 0 Å². The first-order valence-corrected chi connectivity index (χ1v) is 10.0. The third kappa shape index (κ3) is 6.01. The molecule has 0 aliphatic heterocycles. The average molecular weight is 504 g/mol. The van der Waals surface area contributed by atoms with Crippen LogP contribution in [-0.2, 0) is 0 Å². The van der Waals surface area contributed by atoms with Crippen LogP contribution in [0.4, 0.5) is 43.9 Å². The molecule has 0 saturated heterocycles. The van der Waals surface area contributed by atoms with Crippen molar-refractivity contribution >= 4 is 0 Å². The summed E-state index contributed by atoms with van der Waals surface area (Å²) in [5.41, 5.74) is 0.214. The van der Waals surface area contributed by atoms with E-state index in [-0.39, 0.29) is 11.1 Å². The molecule has 190 valence electrons. The van der Waals surface area contributed by atoms with Gasteiger partial charge < -0.3 is 10.6 Å². The van der Waals surface area contributed by atoms with Crippen LogP contribution in [0.2, 0.25) is 0 Å². The fourth-order valence-electron chi connectivity index (χ4n) is 3.39. The van der Waals surface area contributed by atoms with E-state index in [0.717, 1.165) is 13.8 Å². The molecule has 0 saturated carbocycles. The molecular formula is C22H22F10N2. The zero-order valence-electron chi connectivity index (χ0n) is 17.9. The molecule has 0 aliphatic carbocycles. The van der Waals surface area contributed by atoms with Gasteiger partial charge in [0.05, 0.1) is 0 Å². The molecule has 2 rings (SSSR count). The Morgan fingerprint density at radius 3 is 1.00 bits per heavy atom. The van der Waals surface area contributed by atoms with Crippen LogP contribution in [0.15, 0.2) is 60.7 Å². The van der Waals surface area contributed by atoms with Gasteiger partial charge in [-0.3, -0.25) is 0 Å². The second-order valence-corrected chi connectivity index (χ2v) is 7.79. The maximum absolute atomic E-state index is 14.6.